The number of carbonyl (C=O) groups excluding carboxylic acids is 2. The predicted octanol–water partition coefficient (Wildman–Crippen LogP) is 2.96. The summed E-state index contributed by atoms with van der Waals surface area (Å²) in [5.74, 6) is 0.209. The van der Waals surface area contributed by atoms with Crippen molar-refractivity contribution >= 4 is 17.5 Å². The van der Waals surface area contributed by atoms with E-state index in [-0.39, 0.29) is 11.8 Å². The lowest BCUT2D eigenvalue weighted by Crippen LogP contribution is -2.49. The van der Waals surface area contributed by atoms with E-state index in [4.69, 9.17) is 0 Å². The van der Waals surface area contributed by atoms with Crippen molar-refractivity contribution in [2.24, 2.45) is 0 Å². The van der Waals surface area contributed by atoms with Gasteiger partial charge in [-0.15, -0.1) is 0 Å². The molecule has 0 unspecified atom stereocenters. The second-order valence-electron chi connectivity index (χ2n) is 7.34. The van der Waals surface area contributed by atoms with Gasteiger partial charge in [-0.1, -0.05) is 42.5 Å². The molecule has 2 amide bonds. The molecule has 0 radical (unpaired) electrons. The van der Waals surface area contributed by atoms with Crippen LogP contribution in [0.2, 0.25) is 0 Å². The topological polar surface area (TPSA) is 52.7 Å². The summed E-state index contributed by atoms with van der Waals surface area (Å²) in [5, 5.41) is 2.79. The van der Waals surface area contributed by atoms with E-state index in [1.807, 2.05) is 35.2 Å². The zero-order valence-electron chi connectivity index (χ0n) is 16.6. The van der Waals surface area contributed by atoms with Crippen molar-refractivity contribution in [3.8, 4) is 0 Å². The molecule has 148 valence electrons. The molecule has 3 rings (SSSR count). The third-order valence-corrected chi connectivity index (χ3v) is 5.19. The van der Waals surface area contributed by atoms with E-state index in [0.717, 1.165) is 51.3 Å². The highest BCUT2D eigenvalue weighted by Crippen LogP contribution is 2.12. The van der Waals surface area contributed by atoms with Crippen LogP contribution in [-0.2, 0) is 22.4 Å². The third kappa shape index (κ3) is 6.20. The van der Waals surface area contributed by atoms with Gasteiger partial charge in [0.25, 0.3) is 0 Å². The third-order valence-electron chi connectivity index (χ3n) is 5.19. The first-order valence-corrected chi connectivity index (χ1v) is 10.0. The minimum atomic E-state index is -0.0519. The van der Waals surface area contributed by atoms with Crippen LogP contribution >= 0.6 is 0 Å². The van der Waals surface area contributed by atoms with Gasteiger partial charge >= 0.3 is 0 Å². The molecule has 0 saturated carbocycles. The van der Waals surface area contributed by atoms with Crippen LogP contribution in [0.1, 0.15) is 24.5 Å². The number of benzene rings is 2. The summed E-state index contributed by atoms with van der Waals surface area (Å²) in [7, 11) is 0. The monoisotopic (exact) mass is 379 g/mol. The molecule has 0 aromatic heterocycles. The van der Waals surface area contributed by atoms with Crippen LogP contribution < -0.4 is 5.32 Å². The molecule has 1 saturated heterocycles. The van der Waals surface area contributed by atoms with Crippen molar-refractivity contribution in [3.05, 3.63) is 65.7 Å². The van der Waals surface area contributed by atoms with Crippen molar-refractivity contribution in [3.63, 3.8) is 0 Å². The lowest BCUT2D eigenvalue weighted by Gasteiger charge is -2.34. The second-order valence-corrected chi connectivity index (χ2v) is 7.34. The van der Waals surface area contributed by atoms with Crippen molar-refractivity contribution in [2.75, 3.05) is 38.0 Å². The largest absolute Gasteiger partial charge is 0.340 e. The van der Waals surface area contributed by atoms with Gasteiger partial charge in [0, 0.05) is 51.8 Å². The Morgan fingerprint density at radius 2 is 1.50 bits per heavy atom. The fourth-order valence-corrected chi connectivity index (χ4v) is 3.52. The predicted molar refractivity (Wildman–Crippen MR) is 112 cm³/mol. The Hall–Kier alpha value is -2.66. The molecule has 1 aliphatic rings. The van der Waals surface area contributed by atoms with Crippen LogP contribution in [0.4, 0.5) is 5.69 Å². The number of aryl methyl sites for hydroxylation is 1. The summed E-state index contributed by atoms with van der Waals surface area (Å²) in [6.45, 7) is 6.00. The number of hydrogen-bond donors (Lipinski definition) is 1. The molecular formula is C23H29N3O2. The molecule has 0 aliphatic carbocycles. The Morgan fingerprint density at radius 3 is 2.14 bits per heavy atom. The molecule has 2 aromatic rings. The van der Waals surface area contributed by atoms with Crippen molar-refractivity contribution in [2.45, 2.75) is 26.2 Å². The van der Waals surface area contributed by atoms with Gasteiger partial charge in [0.1, 0.15) is 0 Å². The quantitative estimate of drug-likeness (QED) is 0.805. The average molecular weight is 380 g/mol. The number of nitrogens with one attached hydrogen (secondary N) is 1. The average Bonchev–Trinajstić information content (AvgIpc) is 2.72. The van der Waals surface area contributed by atoms with Crippen LogP contribution in [0, 0.1) is 0 Å². The van der Waals surface area contributed by atoms with Crippen LogP contribution in [0.15, 0.2) is 54.6 Å². The number of nitrogens with zero attached hydrogens (tertiary/aromatic N) is 2. The summed E-state index contributed by atoms with van der Waals surface area (Å²) in [6.07, 6.45) is 2.38. The highest BCUT2D eigenvalue weighted by atomic mass is 16.2. The summed E-state index contributed by atoms with van der Waals surface area (Å²) < 4.78 is 0. The molecule has 28 heavy (non-hydrogen) atoms. The van der Waals surface area contributed by atoms with Crippen LogP contribution in [0.25, 0.3) is 0 Å². The summed E-state index contributed by atoms with van der Waals surface area (Å²) in [6, 6.07) is 18.2. The molecule has 1 fully saturated rings. The lowest BCUT2D eigenvalue weighted by atomic mass is 10.1. The van der Waals surface area contributed by atoms with Crippen LogP contribution in [0.5, 0.6) is 0 Å². The van der Waals surface area contributed by atoms with E-state index < -0.39 is 0 Å². The maximum atomic E-state index is 12.4. The molecule has 2 aromatic carbocycles. The SMILES string of the molecule is CC(=O)Nc1ccc(CCN2CCN(C(=O)CCc3ccccc3)CC2)cc1. The first-order chi connectivity index (χ1) is 13.6. The van der Waals surface area contributed by atoms with Crippen LogP contribution in [0.3, 0.4) is 0 Å². The van der Waals surface area contributed by atoms with Gasteiger partial charge in [0.15, 0.2) is 0 Å². The lowest BCUT2D eigenvalue weighted by molar-refractivity contribution is -0.132. The number of amides is 2. The summed E-state index contributed by atoms with van der Waals surface area (Å²) in [4.78, 5) is 27.9. The van der Waals surface area contributed by atoms with Gasteiger partial charge in [0.05, 0.1) is 0 Å². The number of hydrogen-bond acceptors (Lipinski definition) is 3. The minimum absolute atomic E-state index is 0.0519. The van der Waals surface area contributed by atoms with Crippen molar-refractivity contribution in [1.29, 1.82) is 0 Å². The maximum absolute atomic E-state index is 12.4. The van der Waals surface area contributed by atoms with Crippen molar-refractivity contribution in [1.82, 2.24) is 9.80 Å². The number of rotatable bonds is 7. The van der Waals surface area contributed by atoms with Gasteiger partial charge in [-0.05, 0) is 36.1 Å². The van der Waals surface area contributed by atoms with E-state index in [2.05, 4.69) is 34.5 Å². The zero-order valence-corrected chi connectivity index (χ0v) is 16.6. The smallest absolute Gasteiger partial charge is 0.222 e. The van der Waals surface area contributed by atoms with E-state index in [1.54, 1.807) is 0 Å². The Morgan fingerprint density at radius 1 is 0.857 bits per heavy atom. The number of carbonyl (C=O) groups is 2. The summed E-state index contributed by atoms with van der Waals surface area (Å²) >= 11 is 0. The molecule has 5 nitrogen and oxygen atoms in total. The standard InChI is InChI=1S/C23H29N3O2/c1-19(27)24-22-10-7-21(8-11-22)13-14-25-15-17-26(18-16-25)23(28)12-9-20-5-3-2-4-6-20/h2-8,10-11H,9,12-18H2,1H3,(H,24,27). The highest BCUT2D eigenvalue weighted by molar-refractivity contribution is 5.88. The normalized spacial score (nSPS) is 14.7. The van der Waals surface area contributed by atoms with E-state index in [0.29, 0.717) is 6.42 Å². The fraction of sp³-hybridized carbons (Fsp3) is 0.391. The van der Waals surface area contributed by atoms with Gasteiger partial charge in [0.2, 0.25) is 11.8 Å². The fourth-order valence-electron chi connectivity index (χ4n) is 3.52. The summed E-state index contributed by atoms with van der Waals surface area (Å²) in [5.41, 5.74) is 3.31. The molecule has 0 atom stereocenters. The molecule has 0 bridgehead atoms. The molecule has 5 heteroatoms. The zero-order chi connectivity index (χ0) is 19.8. The first-order valence-electron chi connectivity index (χ1n) is 10.0. The van der Waals surface area contributed by atoms with Gasteiger partial charge in [-0.25, -0.2) is 0 Å². The minimum Gasteiger partial charge on any atom is -0.340 e. The molecule has 1 heterocycles. The molecule has 0 spiro atoms. The van der Waals surface area contributed by atoms with Gasteiger partial charge in [-0.2, -0.15) is 0 Å². The molecular weight excluding hydrogens is 350 g/mol. The van der Waals surface area contributed by atoms with Gasteiger partial charge < -0.3 is 10.2 Å². The molecule has 1 aliphatic heterocycles. The van der Waals surface area contributed by atoms with E-state index >= 15 is 0 Å². The number of anilines is 1. The van der Waals surface area contributed by atoms with Gasteiger partial charge in [-0.3, -0.25) is 14.5 Å². The first kappa shape index (κ1) is 20.1. The maximum Gasteiger partial charge on any atom is 0.222 e. The molecule has 1 N–H and O–H groups in total. The van der Waals surface area contributed by atoms with Crippen molar-refractivity contribution < 1.29 is 9.59 Å². The van der Waals surface area contributed by atoms with E-state index in [9.17, 15) is 9.59 Å². The Balaban J connectivity index is 1.36. The Labute approximate surface area is 167 Å². The Bertz CT molecular complexity index is 766. The highest BCUT2D eigenvalue weighted by Gasteiger charge is 2.20. The number of piperazine rings is 1. The second kappa shape index (κ2) is 10.0. The Kier molecular flexibility index (Phi) is 7.20. The van der Waals surface area contributed by atoms with Crippen LogP contribution in [-0.4, -0.2) is 54.3 Å². The van der Waals surface area contributed by atoms with E-state index in [1.165, 1.54) is 18.1 Å².